The van der Waals surface area contributed by atoms with Crippen molar-refractivity contribution in [3.05, 3.63) is 0 Å². The Morgan fingerprint density at radius 2 is 1.00 bits per heavy atom. The van der Waals surface area contributed by atoms with Crippen molar-refractivity contribution in [2.45, 2.75) is 102 Å². The summed E-state index contributed by atoms with van der Waals surface area (Å²) in [5.41, 5.74) is -0.336. The molecule has 0 aromatic carbocycles. The molecule has 0 rings (SSSR count). The molecule has 0 aliphatic carbocycles. The third kappa shape index (κ3) is 14.9. The molecule has 0 heterocycles. The van der Waals surface area contributed by atoms with Gasteiger partial charge < -0.3 is 0 Å². The van der Waals surface area contributed by atoms with Gasteiger partial charge >= 0.3 is 0 Å². The van der Waals surface area contributed by atoms with Gasteiger partial charge in [-0.1, -0.05) is 84.0 Å². The van der Waals surface area contributed by atoms with E-state index in [2.05, 4.69) is 13.0 Å². The minimum atomic E-state index is -0.730. The van der Waals surface area contributed by atoms with Gasteiger partial charge in [0, 0.05) is 8.58 Å². The predicted octanol–water partition coefficient (Wildman–Crippen LogP) is 6.43. The maximum atomic E-state index is 9.04. The molecule has 0 aliphatic heterocycles. The third-order valence-electron chi connectivity index (χ3n) is 4.76. The summed E-state index contributed by atoms with van der Waals surface area (Å²) >= 11 is 0. The lowest BCUT2D eigenvalue weighted by atomic mass is 10.0. The van der Waals surface area contributed by atoms with Crippen LogP contribution in [-0.2, 0) is 0 Å². The molecule has 0 aromatic rings. The summed E-state index contributed by atoms with van der Waals surface area (Å²) < 4.78 is 0. The van der Waals surface area contributed by atoms with E-state index in [0.29, 0.717) is 0 Å². The molecular weight excluding hydrogens is 325 g/mol. The van der Waals surface area contributed by atoms with E-state index in [1.54, 1.807) is 0 Å². The van der Waals surface area contributed by atoms with Crippen LogP contribution in [0.25, 0.3) is 0 Å². The molecule has 0 radical (unpaired) electrons. The number of rotatable bonds is 17. The molecule has 3 nitrogen and oxygen atoms in total. The number of hydrogen-bond donors (Lipinski definition) is 0. The largest absolute Gasteiger partial charge is 0.197 e. The van der Waals surface area contributed by atoms with E-state index < -0.39 is 5.92 Å². The Morgan fingerprint density at radius 1 is 0.600 bits per heavy atom. The molecule has 140 valence electrons. The van der Waals surface area contributed by atoms with E-state index >= 15 is 0 Å². The van der Waals surface area contributed by atoms with Crippen molar-refractivity contribution in [3.8, 4) is 18.2 Å². The molecule has 0 saturated carbocycles. The van der Waals surface area contributed by atoms with Crippen LogP contribution >= 0.6 is 8.58 Å². The third-order valence-corrected chi connectivity index (χ3v) is 6.55. The van der Waals surface area contributed by atoms with Crippen molar-refractivity contribution < 1.29 is 0 Å². The van der Waals surface area contributed by atoms with E-state index in [-0.39, 0.29) is 14.2 Å². The number of nitriles is 3. The topological polar surface area (TPSA) is 71.4 Å². The zero-order valence-electron chi connectivity index (χ0n) is 16.2. The maximum absolute atomic E-state index is 9.04. The normalized spacial score (nSPS) is 12.1. The molecule has 4 heteroatoms. The summed E-state index contributed by atoms with van der Waals surface area (Å²) in [4.78, 5) is 0. The highest BCUT2D eigenvalue weighted by Crippen LogP contribution is 2.26. The lowest BCUT2D eigenvalue weighted by molar-refractivity contribution is 0.538. The van der Waals surface area contributed by atoms with Crippen LogP contribution in [0.1, 0.15) is 96.8 Å². The Morgan fingerprint density at radius 3 is 1.36 bits per heavy atom. The van der Waals surface area contributed by atoms with E-state index in [9.17, 15) is 0 Å². The highest BCUT2D eigenvalue weighted by atomic mass is 31.1. The second-order valence-electron chi connectivity index (χ2n) is 7.01. The molecular formula is C21H37N3P+. The van der Waals surface area contributed by atoms with Crippen molar-refractivity contribution in [2.75, 3.05) is 6.16 Å². The molecule has 0 aliphatic rings. The van der Waals surface area contributed by atoms with Crippen LogP contribution in [0.2, 0.25) is 0 Å². The van der Waals surface area contributed by atoms with Crippen molar-refractivity contribution in [3.63, 3.8) is 0 Å². The number of unbranched alkanes of at least 4 members (excludes halogenated alkanes) is 13. The van der Waals surface area contributed by atoms with Gasteiger partial charge in [-0.05, 0) is 12.8 Å². The molecule has 0 N–H and O–H groups in total. The number of hydrogen-bond acceptors (Lipinski definition) is 3. The Hall–Kier alpha value is -1.10. The zero-order chi connectivity index (χ0) is 18.6. The van der Waals surface area contributed by atoms with Crippen LogP contribution in [0.3, 0.4) is 0 Å². The Kier molecular flexibility index (Phi) is 18.4. The van der Waals surface area contributed by atoms with E-state index in [1.807, 2.05) is 12.1 Å². The van der Waals surface area contributed by atoms with Gasteiger partial charge in [-0.3, -0.25) is 0 Å². The van der Waals surface area contributed by atoms with E-state index in [4.69, 9.17) is 15.8 Å². The first-order chi connectivity index (χ1) is 12.3. The summed E-state index contributed by atoms with van der Waals surface area (Å²) in [6.07, 6.45) is 20.0. The zero-order valence-corrected chi connectivity index (χ0v) is 17.3. The lowest BCUT2D eigenvalue weighted by Crippen LogP contribution is -2.10. The van der Waals surface area contributed by atoms with Gasteiger partial charge in [0.2, 0.25) is 0 Å². The van der Waals surface area contributed by atoms with Gasteiger partial charge in [0.25, 0.3) is 0 Å². The Bertz CT molecular complexity index is 402. The molecule has 0 spiro atoms. The van der Waals surface area contributed by atoms with Crippen molar-refractivity contribution in [2.24, 2.45) is 5.92 Å². The van der Waals surface area contributed by atoms with Crippen LogP contribution in [-0.4, -0.2) is 11.8 Å². The number of nitrogens with zero attached hydrogens (tertiary/aromatic N) is 3. The minimum absolute atomic E-state index is 0.0947. The summed E-state index contributed by atoms with van der Waals surface area (Å²) in [5.74, 6) is -0.730. The van der Waals surface area contributed by atoms with E-state index in [0.717, 1.165) is 12.6 Å². The quantitative estimate of drug-likeness (QED) is 0.221. The SMILES string of the molecule is CCCCCCCCCCCCCCCC[PH2+]C(C#N)C(C#N)C#N. The lowest BCUT2D eigenvalue weighted by Gasteiger charge is -2.04. The summed E-state index contributed by atoms with van der Waals surface area (Å²) in [5, 5.41) is 26.7. The van der Waals surface area contributed by atoms with Gasteiger partial charge in [-0.15, -0.1) is 0 Å². The Labute approximate surface area is 157 Å². The average molecular weight is 363 g/mol. The second-order valence-corrected chi connectivity index (χ2v) is 8.78. The van der Waals surface area contributed by atoms with E-state index in [1.165, 1.54) is 83.5 Å². The molecule has 0 amide bonds. The van der Waals surface area contributed by atoms with Gasteiger partial charge in [-0.25, -0.2) is 0 Å². The fourth-order valence-electron chi connectivity index (χ4n) is 3.09. The molecule has 0 bridgehead atoms. The van der Waals surface area contributed by atoms with Crippen LogP contribution in [0.15, 0.2) is 0 Å². The van der Waals surface area contributed by atoms with Gasteiger partial charge in [0.15, 0.2) is 11.6 Å². The minimum Gasteiger partial charge on any atom is -0.197 e. The first kappa shape index (κ1) is 23.9. The molecule has 2 atom stereocenters. The smallest absolute Gasteiger partial charge is 0.182 e. The second kappa shape index (κ2) is 19.2. The first-order valence-electron chi connectivity index (χ1n) is 10.3. The van der Waals surface area contributed by atoms with Crippen molar-refractivity contribution in [1.29, 1.82) is 15.8 Å². The molecule has 0 aromatic heterocycles. The van der Waals surface area contributed by atoms with Gasteiger partial charge in [0.05, 0.1) is 18.3 Å². The first-order valence-corrected chi connectivity index (χ1v) is 11.8. The monoisotopic (exact) mass is 362 g/mol. The Balaban J connectivity index is 3.31. The fraction of sp³-hybridized carbons (Fsp3) is 0.857. The van der Waals surface area contributed by atoms with Crippen LogP contribution in [0.4, 0.5) is 0 Å². The highest BCUT2D eigenvalue weighted by Gasteiger charge is 2.25. The molecule has 0 fully saturated rings. The predicted molar refractivity (Wildman–Crippen MR) is 109 cm³/mol. The average Bonchev–Trinajstić information content (AvgIpc) is 2.64. The van der Waals surface area contributed by atoms with Gasteiger partial charge in [0.1, 0.15) is 6.07 Å². The maximum Gasteiger partial charge on any atom is 0.182 e. The standard InChI is InChI=1S/C21H36N3P/c1-2-3-4-5-6-7-8-9-10-11-12-13-14-15-16-25-21(19-24)20(17-22)18-23/h20-21,25H,2-16H2,1H3/p+1. The van der Waals surface area contributed by atoms with Crippen molar-refractivity contribution >= 4 is 8.58 Å². The van der Waals surface area contributed by atoms with Crippen molar-refractivity contribution in [1.82, 2.24) is 0 Å². The van der Waals surface area contributed by atoms with Crippen LogP contribution in [0, 0.1) is 39.9 Å². The van der Waals surface area contributed by atoms with Crippen LogP contribution < -0.4 is 0 Å². The summed E-state index contributed by atoms with van der Waals surface area (Å²) in [6, 6.07) is 6.03. The van der Waals surface area contributed by atoms with Crippen LogP contribution in [0.5, 0.6) is 0 Å². The molecule has 25 heavy (non-hydrogen) atoms. The molecule has 2 unspecified atom stereocenters. The highest BCUT2D eigenvalue weighted by molar-refractivity contribution is 7.39. The van der Waals surface area contributed by atoms with Gasteiger partial charge in [-0.2, -0.15) is 15.8 Å². The molecule has 0 saturated heterocycles. The fourth-order valence-corrected chi connectivity index (χ4v) is 4.52. The summed E-state index contributed by atoms with van der Waals surface area (Å²) in [7, 11) is -0.0947. The summed E-state index contributed by atoms with van der Waals surface area (Å²) in [6.45, 7) is 2.27.